The summed E-state index contributed by atoms with van der Waals surface area (Å²) in [7, 11) is 0. The first kappa shape index (κ1) is 9.21. The highest BCUT2D eigenvalue weighted by molar-refractivity contribution is 14.1. The maximum absolute atomic E-state index is 2.62. The lowest BCUT2D eigenvalue weighted by Crippen LogP contribution is -2.31. The van der Waals surface area contributed by atoms with Gasteiger partial charge in [-0.05, 0) is 25.7 Å². The van der Waals surface area contributed by atoms with Crippen molar-refractivity contribution in [1.29, 1.82) is 0 Å². The van der Waals surface area contributed by atoms with Gasteiger partial charge < -0.3 is 4.90 Å². The van der Waals surface area contributed by atoms with Gasteiger partial charge >= 0.3 is 0 Å². The predicted octanol–water partition coefficient (Wildman–Crippen LogP) is 1.61. The monoisotopic (exact) mass is 280 g/mol. The van der Waals surface area contributed by atoms with Crippen LogP contribution < -0.4 is 0 Å². The van der Waals surface area contributed by atoms with E-state index >= 15 is 0 Å². The van der Waals surface area contributed by atoms with Crippen molar-refractivity contribution in [2.45, 2.75) is 19.9 Å². The molecule has 0 saturated carbocycles. The quantitative estimate of drug-likeness (QED) is 0.532. The van der Waals surface area contributed by atoms with E-state index in [0.717, 1.165) is 17.9 Å². The largest absolute Gasteiger partial charge is 0.300 e. The molecule has 0 N–H and O–H groups in total. The van der Waals surface area contributed by atoms with Crippen LogP contribution >= 0.6 is 22.9 Å². The van der Waals surface area contributed by atoms with Gasteiger partial charge in [-0.25, -0.2) is 3.11 Å². The van der Waals surface area contributed by atoms with Crippen LogP contribution in [0.5, 0.6) is 0 Å². The smallest absolute Gasteiger partial charge is 0.0201 e. The first-order valence-corrected chi connectivity index (χ1v) is 5.78. The molecule has 0 aromatic heterocycles. The van der Waals surface area contributed by atoms with E-state index in [4.69, 9.17) is 0 Å². The van der Waals surface area contributed by atoms with Crippen molar-refractivity contribution in [3.63, 3.8) is 0 Å². The molecule has 0 radical (unpaired) electrons. The summed E-state index contributed by atoms with van der Waals surface area (Å²) in [4.78, 5) is 2.62. The summed E-state index contributed by atoms with van der Waals surface area (Å²) in [6.45, 7) is 9.91. The second-order valence-corrected chi connectivity index (χ2v) is 5.76. The maximum Gasteiger partial charge on any atom is 0.0201 e. The van der Waals surface area contributed by atoms with Gasteiger partial charge in [0, 0.05) is 55.1 Å². The fourth-order valence-corrected chi connectivity index (χ4v) is 3.41. The van der Waals surface area contributed by atoms with Gasteiger partial charge in [0.15, 0.2) is 0 Å². The van der Waals surface area contributed by atoms with Crippen LogP contribution in [0.2, 0.25) is 0 Å². The number of fused-ring (bicyclic) bond motifs is 1. The van der Waals surface area contributed by atoms with E-state index in [2.05, 4.69) is 44.7 Å². The Morgan fingerprint density at radius 2 is 1.58 bits per heavy atom. The van der Waals surface area contributed by atoms with Crippen molar-refractivity contribution in [3.8, 4) is 0 Å². The predicted molar refractivity (Wildman–Crippen MR) is 59.3 cm³/mol. The maximum atomic E-state index is 2.62. The van der Waals surface area contributed by atoms with Crippen LogP contribution in [0.25, 0.3) is 0 Å². The molecule has 2 atom stereocenters. The lowest BCUT2D eigenvalue weighted by molar-refractivity contribution is 0.250. The van der Waals surface area contributed by atoms with E-state index in [-0.39, 0.29) is 0 Å². The average molecular weight is 280 g/mol. The molecule has 0 aliphatic carbocycles. The Labute approximate surface area is 88.8 Å². The second kappa shape index (κ2) is 3.42. The Morgan fingerprint density at radius 3 is 2.00 bits per heavy atom. The van der Waals surface area contributed by atoms with E-state index in [0.29, 0.717) is 0 Å². The summed E-state index contributed by atoms with van der Waals surface area (Å²) in [5.41, 5.74) is 0. The van der Waals surface area contributed by atoms with Crippen LogP contribution in [0.1, 0.15) is 13.8 Å². The average Bonchev–Trinajstić information content (AvgIpc) is 2.42. The number of nitrogens with zero attached hydrogens (tertiary/aromatic N) is 2. The molecular formula is C9H17IN2. The molecule has 2 rings (SSSR count). The first-order valence-electron chi connectivity index (χ1n) is 4.81. The molecule has 3 heteroatoms. The topological polar surface area (TPSA) is 6.48 Å². The van der Waals surface area contributed by atoms with Crippen molar-refractivity contribution in [3.05, 3.63) is 0 Å². The van der Waals surface area contributed by atoms with E-state index in [1.54, 1.807) is 0 Å². The molecule has 2 heterocycles. The summed E-state index contributed by atoms with van der Waals surface area (Å²) < 4.78 is 2.45. The fourth-order valence-electron chi connectivity index (χ4n) is 2.39. The van der Waals surface area contributed by atoms with Crippen molar-refractivity contribution >= 4 is 22.9 Å². The minimum Gasteiger partial charge on any atom is -0.300 e. The summed E-state index contributed by atoms with van der Waals surface area (Å²) in [5.74, 6) is 1.92. The molecule has 2 fully saturated rings. The zero-order valence-corrected chi connectivity index (χ0v) is 9.99. The van der Waals surface area contributed by atoms with Gasteiger partial charge in [0.25, 0.3) is 0 Å². The molecule has 0 aromatic carbocycles. The van der Waals surface area contributed by atoms with Gasteiger partial charge in [-0.3, -0.25) is 0 Å². The van der Waals surface area contributed by atoms with E-state index in [1.165, 1.54) is 26.2 Å². The number of rotatable bonds is 1. The highest BCUT2D eigenvalue weighted by Gasteiger charge is 2.39. The molecule has 2 nitrogen and oxygen atoms in total. The number of halogens is 1. The number of hydrogen-bond acceptors (Lipinski definition) is 2. The minimum atomic E-state index is 0.748. The van der Waals surface area contributed by atoms with Gasteiger partial charge in [0.1, 0.15) is 0 Å². The lowest BCUT2D eigenvalue weighted by Gasteiger charge is -2.22. The summed E-state index contributed by atoms with van der Waals surface area (Å²) >= 11 is 2.46. The first-order chi connectivity index (χ1) is 5.66. The van der Waals surface area contributed by atoms with Crippen LogP contribution in [0, 0.1) is 11.8 Å². The highest BCUT2D eigenvalue weighted by atomic mass is 127. The second-order valence-electron chi connectivity index (χ2n) is 4.40. The van der Waals surface area contributed by atoms with Crippen LogP contribution in [0.4, 0.5) is 0 Å². The molecule has 2 aliphatic rings. The third kappa shape index (κ3) is 1.63. The van der Waals surface area contributed by atoms with Crippen LogP contribution in [-0.4, -0.2) is 40.2 Å². The minimum absolute atomic E-state index is 0.748. The fraction of sp³-hybridized carbons (Fsp3) is 1.00. The van der Waals surface area contributed by atoms with Gasteiger partial charge in [-0.2, -0.15) is 0 Å². The van der Waals surface area contributed by atoms with Gasteiger partial charge in [-0.1, -0.05) is 0 Å². The summed E-state index contributed by atoms with van der Waals surface area (Å²) in [6.07, 6.45) is 0. The van der Waals surface area contributed by atoms with Gasteiger partial charge in [0.2, 0.25) is 0 Å². The van der Waals surface area contributed by atoms with Crippen LogP contribution in [0.15, 0.2) is 0 Å². The van der Waals surface area contributed by atoms with Gasteiger partial charge in [-0.15, -0.1) is 0 Å². The van der Waals surface area contributed by atoms with E-state index in [9.17, 15) is 0 Å². The molecule has 2 saturated heterocycles. The van der Waals surface area contributed by atoms with Crippen molar-refractivity contribution in [1.82, 2.24) is 8.01 Å². The summed E-state index contributed by atoms with van der Waals surface area (Å²) in [6, 6.07) is 0.748. The van der Waals surface area contributed by atoms with Crippen molar-refractivity contribution in [2.75, 3.05) is 26.2 Å². The normalized spacial score (nSPS) is 38.0. The van der Waals surface area contributed by atoms with E-state index in [1.807, 2.05) is 0 Å². The molecule has 0 bridgehead atoms. The zero-order chi connectivity index (χ0) is 8.72. The Balaban J connectivity index is 1.93. The Bertz CT molecular complexity index is 158. The van der Waals surface area contributed by atoms with Gasteiger partial charge in [0.05, 0.1) is 0 Å². The Hall–Kier alpha value is 0.650. The Morgan fingerprint density at radius 1 is 1.08 bits per heavy atom. The van der Waals surface area contributed by atoms with Crippen molar-refractivity contribution in [2.24, 2.45) is 11.8 Å². The van der Waals surface area contributed by atoms with Crippen LogP contribution in [-0.2, 0) is 0 Å². The zero-order valence-electron chi connectivity index (χ0n) is 7.83. The lowest BCUT2D eigenvalue weighted by atomic mass is 10.0. The summed E-state index contributed by atoms with van der Waals surface area (Å²) in [5, 5.41) is 0. The molecule has 0 amide bonds. The SMILES string of the molecule is CC(C)N1C[C@H]2CN(I)C[C@H]2C1. The molecule has 2 aliphatic heterocycles. The molecule has 70 valence electrons. The molecule has 12 heavy (non-hydrogen) atoms. The third-order valence-electron chi connectivity index (χ3n) is 3.20. The molecule has 0 unspecified atom stereocenters. The molecule has 0 aromatic rings. The third-order valence-corrected chi connectivity index (χ3v) is 3.99. The van der Waals surface area contributed by atoms with Crippen molar-refractivity contribution < 1.29 is 0 Å². The van der Waals surface area contributed by atoms with Crippen LogP contribution in [0.3, 0.4) is 0 Å². The van der Waals surface area contributed by atoms with E-state index < -0.39 is 0 Å². The standard InChI is InChI=1S/C9H17IN2/c1-7(2)11-3-8-5-12(10)6-9(8)4-11/h7-9H,3-6H2,1-2H3/t8-,9+. The Kier molecular flexibility index (Phi) is 2.63. The number of hydrogen-bond donors (Lipinski definition) is 0. The molecular weight excluding hydrogens is 263 g/mol. The molecule has 0 spiro atoms. The number of likely N-dealkylation sites (tertiary alicyclic amines) is 1. The highest BCUT2D eigenvalue weighted by Crippen LogP contribution is 2.33.